The molecule has 1 N–H and O–H groups in total. The van der Waals surface area contributed by atoms with Gasteiger partial charge in [-0.3, -0.25) is 14.3 Å². The van der Waals surface area contributed by atoms with Crippen LogP contribution in [0, 0.1) is 11.6 Å². The zero-order chi connectivity index (χ0) is 20.8. The van der Waals surface area contributed by atoms with E-state index in [0.717, 1.165) is 49.1 Å². The van der Waals surface area contributed by atoms with Gasteiger partial charge in [-0.1, -0.05) is 12.1 Å². The smallest absolute Gasteiger partial charge is 0.326 e. The van der Waals surface area contributed by atoms with E-state index in [4.69, 9.17) is 0 Å². The maximum absolute atomic E-state index is 13.4. The van der Waals surface area contributed by atoms with Gasteiger partial charge in [0.15, 0.2) is 11.6 Å². The molecule has 0 radical (unpaired) electrons. The number of fused-ring (bicyclic) bond motifs is 1. The Balaban J connectivity index is 1.19. The fourth-order valence-corrected chi connectivity index (χ4v) is 4.61. The molecule has 2 aliphatic heterocycles. The van der Waals surface area contributed by atoms with Crippen LogP contribution in [0.1, 0.15) is 29.2 Å². The number of aromatic nitrogens is 2. The number of imidazole rings is 1. The number of nitrogens with zero attached hydrogens (tertiary/aromatic N) is 3. The van der Waals surface area contributed by atoms with Crippen molar-refractivity contribution in [1.29, 1.82) is 0 Å². The summed E-state index contributed by atoms with van der Waals surface area (Å²) in [6.45, 7) is 2.87. The molecule has 0 aliphatic carbocycles. The Kier molecular flexibility index (Phi) is 4.66. The summed E-state index contributed by atoms with van der Waals surface area (Å²) in [5.41, 5.74) is 1.90. The number of rotatable bonds is 3. The molecule has 3 heterocycles. The number of carbonyl (C=O) groups excluding carboxylic acids is 1. The van der Waals surface area contributed by atoms with Crippen LogP contribution < -0.4 is 5.69 Å². The van der Waals surface area contributed by atoms with Gasteiger partial charge in [0.2, 0.25) is 0 Å². The maximum atomic E-state index is 13.4. The van der Waals surface area contributed by atoms with Gasteiger partial charge in [0.1, 0.15) is 0 Å². The number of hydrogen-bond acceptors (Lipinski definition) is 3. The molecule has 2 aromatic carbocycles. The molecule has 2 aliphatic rings. The minimum absolute atomic E-state index is 0.0680. The second-order valence-electron chi connectivity index (χ2n) is 8.08. The molecule has 5 rings (SSSR count). The van der Waals surface area contributed by atoms with Crippen LogP contribution in [0.5, 0.6) is 0 Å². The minimum Gasteiger partial charge on any atom is -0.335 e. The number of carbonyl (C=O) groups is 1. The van der Waals surface area contributed by atoms with E-state index in [1.54, 1.807) is 4.90 Å². The zero-order valence-corrected chi connectivity index (χ0v) is 16.4. The number of para-hydroxylation sites is 2. The first kappa shape index (κ1) is 19.0. The molecule has 156 valence electrons. The third kappa shape index (κ3) is 3.21. The van der Waals surface area contributed by atoms with Gasteiger partial charge in [-0.2, -0.15) is 0 Å². The molecule has 0 unspecified atom stereocenters. The number of nitrogens with one attached hydrogen (secondary N) is 1. The highest BCUT2D eigenvalue weighted by Crippen LogP contribution is 2.28. The highest BCUT2D eigenvalue weighted by molar-refractivity contribution is 5.94. The third-order valence-electron chi connectivity index (χ3n) is 6.32. The lowest BCUT2D eigenvalue weighted by Crippen LogP contribution is -2.62. The van der Waals surface area contributed by atoms with Crippen LogP contribution in [-0.4, -0.2) is 57.5 Å². The van der Waals surface area contributed by atoms with Gasteiger partial charge in [-0.15, -0.1) is 0 Å². The minimum atomic E-state index is -1.01. The van der Waals surface area contributed by atoms with E-state index in [1.165, 1.54) is 6.07 Å². The highest BCUT2D eigenvalue weighted by atomic mass is 19.2. The van der Waals surface area contributed by atoms with E-state index >= 15 is 0 Å². The predicted octanol–water partition coefficient (Wildman–Crippen LogP) is 2.77. The van der Waals surface area contributed by atoms with Crippen molar-refractivity contribution < 1.29 is 13.6 Å². The topological polar surface area (TPSA) is 61.3 Å². The van der Waals surface area contributed by atoms with Crippen LogP contribution in [0.4, 0.5) is 8.78 Å². The summed E-state index contributed by atoms with van der Waals surface area (Å²) in [5, 5.41) is 0. The molecule has 1 amide bonds. The summed E-state index contributed by atoms with van der Waals surface area (Å²) in [6, 6.07) is 11.4. The number of likely N-dealkylation sites (tertiary alicyclic amines) is 2. The first-order chi connectivity index (χ1) is 14.5. The Hall–Kier alpha value is -3.00. The van der Waals surface area contributed by atoms with Crippen LogP contribution in [0.3, 0.4) is 0 Å². The van der Waals surface area contributed by atoms with E-state index in [-0.39, 0.29) is 29.2 Å². The fraction of sp³-hybridized carbons (Fsp3) is 0.364. The molecule has 6 nitrogen and oxygen atoms in total. The van der Waals surface area contributed by atoms with Crippen molar-refractivity contribution in [3.8, 4) is 0 Å². The number of hydrogen-bond donors (Lipinski definition) is 1. The largest absolute Gasteiger partial charge is 0.335 e. The number of benzene rings is 2. The normalized spacial score (nSPS) is 18.7. The van der Waals surface area contributed by atoms with E-state index in [9.17, 15) is 18.4 Å². The van der Waals surface area contributed by atoms with Crippen molar-refractivity contribution in [1.82, 2.24) is 19.4 Å². The first-order valence-corrected chi connectivity index (χ1v) is 10.2. The van der Waals surface area contributed by atoms with Gasteiger partial charge in [0.05, 0.1) is 11.0 Å². The molecule has 2 fully saturated rings. The Morgan fingerprint density at radius 2 is 1.70 bits per heavy atom. The summed E-state index contributed by atoms with van der Waals surface area (Å²) >= 11 is 0. The van der Waals surface area contributed by atoms with Gasteiger partial charge < -0.3 is 9.88 Å². The van der Waals surface area contributed by atoms with Gasteiger partial charge in [0, 0.05) is 43.8 Å². The van der Waals surface area contributed by atoms with E-state index in [2.05, 4.69) is 9.88 Å². The number of amides is 1. The molecular weight excluding hydrogens is 390 g/mol. The molecule has 8 heteroatoms. The molecular formula is C22H22F2N4O2. The van der Waals surface area contributed by atoms with Crippen molar-refractivity contribution in [3.63, 3.8) is 0 Å². The molecule has 0 bridgehead atoms. The summed E-state index contributed by atoms with van der Waals surface area (Å²) in [6.07, 6.45) is 1.74. The van der Waals surface area contributed by atoms with Crippen molar-refractivity contribution in [2.24, 2.45) is 0 Å². The summed E-state index contributed by atoms with van der Waals surface area (Å²) in [4.78, 5) is 31.8. The summed E-state index contributed by atoms with van der Waals surface area (Å²) in [5.74, 6) is -2.23. The maximum Gasteiger partial charge on any atom is 0.326 e. The lowest BCUT2D eigenvalue weighted by atomic mass is 9.98. The predicted molar refractivity (Wildman–Crippen MR) is 108 cm³/mol. The Morgan fingerprint density at radius 1 is 0.967 bits per heavy atom. The molecule has 30 heavy (non-hydrogen) atoms. The standard InChI is InChI=1S/C22H22F2N4O2/c23-17-6-5-14(11-18(17)24)21(29)27-12-16(13-27)26-9-7-15(8-10-26)28-20-4-2-1-3-19(20)25-22(28)30/h1-6,11,15-16H,7-10,12-13H2,(H,25,30). The van der Waals surface area contributed by atoms with E-state index in [0.29, 0.717) is 13.1 Å². The molecule has 0 saturated carbocycles. The highest BCUT2D eigenvalue weighted by Gasteiger charge is 2.37. The van der Waals surface area contributed by atoms with Gasteiger partial charge in [-0.25, -0.2) is 13.6 Å². The Morgan fingerprint density at radius 3 is 2.43 bits per heavy atom. The number of piperidine rings is 1. The first-order valence-electron chi connectivity index (χ1n) is 10.2. The second kappa shape index (κ2) is 7.36. The third-order valence-corrected chi connectivity index (χ3v) is 6.32. The van der Waals surface area contributed by atoms with Crippen LogP contribution in [-0.2, 0) is 0 Å². The van der Waals surface area contributed by atoms with Crippen molar-refractivity contribution in [2.45, 2.75) is 24.9 Å². The van der Waals surface area contributed by atoms with Crippen LogP contribution in [0.15, 0.2) is 47.3 Å². The summed E-state index contributed by atoms with van der Waals surface area (Å²) in [7, 11) is 0. The van der Waals surface area contributed by atoms with E-state index < -0.39 is 11.6 Å². The molecule has 2 saturated heterocycles. The van der Waals surface area contributed by atoms with Crippen molar-refractivity contribution in [2.75, 3.05) is 26.2 Å². The molecule has 1 aromatic heterocycles. The Labute approximate surface area is 171 Å². The average Bonchev–Trinajstić information content (AvgIpc) is 3.05. The molecule has 3 aromatic rings. The second-order valence-corrected chi connectivity index (χ2v) is 8.08. The van der Waals surface area contributed by atoms with Crippen LogP contribution >= 0.6 is 0 Å². The van der Waals surface area contributed by atoms with Gasteiger partial charge >= 0.3 is 5.69 Å². The number of aromatic amines is 1. The van der Waals surface area contributed by atoms with Crippen LogP contribution in [0.25, 0.3) is 11.0 Å². The number of H-pyrrole nitrogens is 1. The summed E-state index contributed by atoms with van der Waals surface area (Å²) < 4.78 is 28.3. The fourth-order valence-electron chi connectivity index (χ4n) is 4.61. The monoisotopic (exact) mass is 412 g/mol. The van der Waals surface area contributed by atoms with Crippen molar-refractivity contribution >= 4 is 16.9 Å². The van der Waals surface area contributed by atoms with E-state index in [1.807, 2.05) is 28.8 Å². The lowest BCUT2D eigenvalue weighted by molar-refractivity contribution is 0.0153. The quantitative estimate of drug-likeness (QED) is 0.720. The van der Waals surface area contributed by atoms with Crippen LogP contribution in [0.2, 0.25) is 0 Å². The zero-order valence-electron chi connectivity index (χ0n) is 16.4. The van der Waals surface area contributed by atoms with Gasteiger partial charge in [0.25, 0.3) is 5.91 Å². The molecule has 0 spiro atoms. The van der Waals surface area contributed by atoms with Gasteiger partial charge in [-0.05, 0) is 43.2 Å². The SMILES string of the molecule is O=C(c1ccc(F)c(F)c1)N1CC(N2CCC(n3c(=O)[nH]c4ccccc43)CC2)C1. The average molecular weight is 412 g/mol. The number of halogens is 2. The van der Waals surface area contributed by atoms with Crippen molar-refractivity contribution in [3.05, 3.63) is 70.1 Å². The Bertz CT molecular complexity index is 1160. The molecule has 0 atom stereocenters. The lowest BCUT2D eigenvalue weighted by Gasteiger charge is -2.47.